The lowest BCUT2D eigenvalue weighted by molar-refractivity contribution is -0.123. The van der Waals surface area contributed by atoms with Crippen molar-refractivity contribution in [2.24, 2.45) is 5.92 Å². The molecule has 4 heteroatoms. The first-order valence-corrected chi connectivity index (χ1v) is 9.00. The van der Waals surface area contributed by atoms with E-state index in [4.69, 9.17) is 5.26 Å². The van der Waals surface area contributed by atoms with Crippen molar-refractivity contribution in [1.29, 1.82) is 5.26 Å². The van der Waals surface area contributed by atoms with Crippen molar-refractivity contribution in [2.45, 2.75) is 45.3 Å². The minimum absolute atomic E-state index is 0.00794. The van der Waals surface area contributed by atoms with Crippen molar-refractivity contribution in [1.82, 2.24) is 5.32 Å². The number of hydrogen-bond donors (Lipinski definition) is 1. The molecule has 1 aliphatic carbocycles. The lowest BCUT2D eigenvalue weighted by atomic mass is 10.1. The predicted octanol–water partition coefficient (Wildman–Crippen LogP) is 3.87. The molecule has 1 saturated carbocycles. The standard InChI is InChI=1S/C22H25N3O/c1-22(2,3)24-21(26)19-13-20(19)25(15-17-7-5-4-6-8-17)18-11-9-16(14-23)10-12-18/h4-12,19-20H,13,15H2,1-3H3,(H,24,26)/t19-,20-/m1/s1. The van der Waals surface area contributed by atoms with Crippen molar-refractivity contribution < 1.29 is 4.79 Å². The molecule has 3 rings (SSSR count). The molecule has 1 N–H and O–H groups in total. The van der Waals surface area contributed by atoms with Crippen LogP contribution in [0.5, 0.6) is 0 Å². The Hall–Kier alpha value is -2.80. The molecule has 0 radical (unpaired) electrons. The molecule has 4 nitrogen and oxygen atoms in total. The first-order valence-electron chi connectivity index (χ1n) is 9.00. The van der Waals surface area contributed by atoms with E-state index in [0.717, 1.165) is 18.7 Å². The lowest BCUT2D eigenvalue weighted by Gasteiger charge is -2.26. The van der Waals surface area contributed by atoms with Crippen molar-refractivity contribution in [2.75, 3.05) is 4.90 Å². The first-order chi connectivity index (χ1) is 12.4. The molecule has 0 unspecified atom stereocenters. The van der Waals surface area contributed by atoms with Gasteiger partial charge in [0.2, 0.25) is 5.91 Å². The quantitative estimate of drug-likeness (QED) is 0.893. The predicted molar refractivity (Wildman–Crippen MR) is 104 cm³/mol. The number of nitrogens with zero attached hydrogens (tertiary/aromatic N) is 2. The first kappa shape index (κ1) is 18.0. The maximum Gasteiger partial charge on any atom is 0.225 e. The summed E-state index contributed by atoms with van der Waals surface area (Å²) in [6.45, 7) is 6.76. The second kappa shape index (κ2) is 7.21. The highest BCUT2D eigenvalue weighted by molar-refractivity contribution is 5.84. The summed E-state index contributed by atoms with van der Waals surface area (Å²) in [5.41, 5.74) is 2.68. The summed E-state index contributed by atoms with van der Waals surface area (Å²) in [6, 6.07) is 20.2. The lowest BCUT2D eigenvalue weighted by Crippen LogP contribution is -2.43. The van der Waals surface area contributed by atoms with Crippen LogP contribution in [0.3, 0.4) is 0 Å². The number of carbonyl (C=O) groups excluding carboxylic acids is 1. The van der Waals surface area contributed by atoms with E-state index in [9.17, 15) is 4.79 Å². The molecule has 1 fully saturated rings. The van der Waals surface area contributed by atoms with Gasteiger partial charge < -0.3 is 10.2 Å². The van der Waals surface area contributed by atoms with Crippen LogP contribution in [-0.4, -0.2) is 17.5 Å². The van der Waals surface area contributed by atoms with Gasteiger partial charge in [0.05, 0.1) is 17.6 Å². The summed E-state index contributed by atoms with van der Waals surface area (Å²) in [5, 5.41) is 12.1. The fourth-order valence-electron chi connectivity index (χ4n) is 3.18. The van der Waals surface area contributed by atoms with Crippen LogP contribution in [0.1, 0.15) is 38.3 Å². The minimum Gasteiger partial charge on any atom is -0.363 e. The van der Waals surface area contributed by atoms with Crippen molar-refractivity contribution >= 4 is 11.6 Å². The Morgan fingerprint density at radius 3 is 2.38 bits per heavy atom. The van der Waals surface area contributed by atoms with E-state index in [-0.39, 0.29) is 23.4 Å². The topological polar surface area (TPSA) is 56.1 Å². The number of nitrogens with one attached hydrogen (secondary N) is 1. The summed E-state index contributed by atoms with van der Waals surface area (Å²) in [4.78, 5) is 14.8. The molecule has 0 bridgehead atoms. The summed E-state index contributed by atoms with van der Waals surface area (Å²) in [5.74, 6) is 0.128. The summed E-state index contributed by atoms with van der Waals surface area (Å²) in [7, 11) is 0. The highest BCUT2D eigenvalue weighted by atomic mass is 16.2. The van der Waals surface area contributed by atoms with Crippen LogP contribution in [0.25, 0.3) is 0 Å². The van der Waals surface area contributed by atoms with E-state index in [1.165, 1.54) is 5.56 Å². The number of nitriles is 1. The monoisotopic (exact) mass is 347 g/mol. The van der Waals surface area contributed by atoms with Crippen molar-refractivity contribution in [3.8, 4) is 6.07 Å². The fourth-order valence-corrected chi connectivity index (χ4v) is 3.18. The Morgan fingerprint density at radius 1 is 1.15 bits per heavy atom. The third-order valence-corrected chi connectivity index (χ3v) is 4.52. The van der Waals surface area contributed by atoms with Gasteiger partial charge >= 0.3 is 0 Å². The zero-order chi connectivity index (χ0) is 18.7. The molecule has 2 aromatic carbocycles. The van der Waals surface area contributed by atoms with Gasteiger partial charge in [-0.25, -0.2) is 0 Å². The van der Waals surface area contributed by atoms with Crippen LogP contribution >= 0.6 is 0 Å². The zero-order valence-electron chi connectivity index (χ0n) is 15.6. The minimum atomic E-state index is -0.219. The summed E-state index contributed by atoms with van der Waals surface area (Å²) >= 11 is 0. The van der Waals surface area contributed by atoms with Crippen LogP contribution in [0.2, 0.25) is 0 Å². The number of rotatable bonds is 5. The normalized spacial score (nSPS) is 18.7. The number of carbonyl (C=O) groups is 1. The summed E-state index contributed by atoms with van der Waals surface area (Å²) < 4.78 is 0. The highest BCUT2D eigenvalue weighted by Crippen LogP contribution is 2.40. The van der Waals surface area contributed by atoms with Gasteiger partial charge in [0.25, 0.3) is 0 Å². The van der Waals surface area contributed by atoms with Crippen LogP contribution in [-0.2, 0) is 11.3 Å². The molecule has 0 aromatic heterocycles. The molecule has 26 heavy (non-hydrogen) atoms. The van der Waals surface area contributed by atoms with Crippen LogP contribution in [0, 0.1) is 17.2 Å². The van der Waals surface area contributed by atoms with E-state index in [1.54, 1.807) is 0 Å². The number of amides is 1. The Morgan fingerprint density at radius 2 is 1.81 bits per heavy atom. The van der Waals surface area contributed by atoms with Crippen LogP contribution < -0.4 is 10.2 Å². The van der Waals surface area contributed by atoms with Gasteiger partial charge in [-0.2, -0.15) is 5.26 Å². The smallest absolute Gasteiger partial charge is 0.225 e. The number of benzene rings is 2. The molecule has 1 amide bonds. The maximum atomic E-state index is 12.5. The fraction of sp³-hybridized carbons (Fsp3) is 0.364. The van der Waals surface area contributed by atoms with Gasteiger partial charge in [0.1, 0.15) is 0 Å². The van der Waals surface area contributed by atoms with E-state index in [0.29, 0.717) is 5.56 Å². The Bertz CT molecular complexity index is 800. The molecule has 0 aliphatic heterocycles. The molecule has 0 spiro atoms. The molecule has 1 aliphatic rings. The van der Waals surface area contributed by atoms with Crippen LogP contribution in [0.4, 0.5) is 5.69 Å². The van der Waals surface area contributed by atoms with Gasteiger partial charge in [0.15, 0.2) is 0 Å². The van der Waals surface area contributed by atoms with E-state index in [1.807, 2.05) is 63.2 Å². The average Bonchev–Trinajstić information content (AvgIpc) is 3.40. The third kappa shape index (κ3) is 4.43. The second-order valence-corrected chi connectivity index (χ2v) is 7.92. The van der Waals surface area contributed by atoms with Gasteiger partial charge in [0, 0.05) is 23.8 Å². The zero-order valence-corrected chi connectivity index (χ0v) is 15.6. The molecule has 0 heterocycles. The Labute approximate surface area is 155 Å². The highest BCUT2D eigenvalue weighted by Gasteiger charge is 2.47. The van der Waals surface area contributed by atoms with Gasteiger partial charge in [-0.3, -0.25) is 4.79 Å². The van der Waals surface area contributed by atoms with Gasteiger partial charge in [-0.15, -0.1) is 0 Å². The Kier molecular flexibility index (Phi) is 4.99. The van der Waals surface area contributed by atoms with E-state index < -0.39 is 0 Å². The van der Waals surface area contributed by atoms with Gasteiger partial charge in [-0.05, 0) is 57.0 Å². The largest absolute Gasteiger partial charge is 0.363 e. The number of hydrogen-bond acceptors (Lipinski definition) is 3. The molecular formula is C22H25N3O. The van der Waals surface area contributed by atoms with Gasteiger partial charge in [-0.1, -0.05) is 30.3 Å². The molecular weight excluding hydrogens is 322 g/mol. The maximum absolute atomic E-state index is 12.5. The molecule has 2 aromatic rings. The Balaban J connectivity index is 1.80. The van der Waals surface area contributed by atoms with Crippen molar-refractivity contribution in [3.63, 3.8) is 0 Å². The summed E-state index contributed by atoms with van der Waals surface area (Å²) in [6.07, 6.45) is 0.856. The van der Waals surface area contributed by atoms with Crippen LogP contribution in [0.15, 0.2) is 54.6 Å². The molecule has 2 atom stereocenters. The second-order valence-electron chi connectivity index (χ2n) is 7.92. The molecule has 0 saturated heterocycles. The SMILES string of the molecule is CC(C)(C)NC(=O)[C@@H]1C[C@H]1N(Cc1ccccc1)c1ccc(C#N)cc1. The van der Waals surface area contributed by atoms with E-state index in [2.05, 4.69) is 28.4 Å². The third-order valence-electron chi connectivity index (χ3n) is 4.52. The van der Waals surface area contributed by atoms with Crippen molar-refractivity contribution in [3.05, 3.63) is 65.7 Å². The van der Waals surface area contributed by atoms with E-state index >= 15 is 0 Å². The average molecular weight is 347 g/mol. The molecule has 134 valence electrons. The number of anilines is 1.